The molecule has 0 radical (unpaired) electrons. The zero-order valence-corrected chi connectivity index (χ0v) is 11.6. The van der Waals surface area contributed by atoms with Gasteiger partial charge in [-0.05, 0) is 30.9 Å². The highest BCUT2D eigenvalue weighted by Gasteiger charge is 2.37. The predicted molar refractivity (Wildman–Crippen MR) is 70.1 cm³/mol. The minimum Gasteiger partial charge on any atom is -0.504 e. The molecular formula is C13H15BrO4. The van der Waals surface area contributed by atoms with Crippen molar-refractivity contribution in [3.05, 3.63) is 22.2 Å². The van der Waals surface area contributed by atoms with Gasteiger partial charge in [0.15, 0.2) is 11.5 Å². The van der Waals surface area contributed by atoms with Crippen LogP contribution in [0.15, 0.2) is 16.6 Å². The fourth-order valence-electron chi connectivity index (χ4n) is 2.32. The molecule has 1 saturated carbocycles. The van der Waals surface area contributed by atoms with Crippen molar-refractivity contribution in [2.24, 2.45) is 5.92 Å². The summed E-state index contributed by atoms with van der Waals surface area (Å²) in [6.45, 7) is 0. The number of carboxylic acid groups (broad SMARTS) is 1. The third-order valence-electron chi connectivity index (χ3n) is 3.28. The molecule has 0 heterocycles. The summed E-state index contributed by atoms with van der Waals surface area (Å²) in [6, 6.07) is 3.27. The molecule has 98 valence electrons. The van der Waals surface area contributed by atoms with Crippen LogP contribution in [0.2, 0.25) is 0 Å². The summed E-state index contributed by atoms with van der Waals surface area (Å²) in [6.07, 6.45) is 2.12. The van der Waals surface area contributed by atoms with Gasteiger partial charge in [0.05, 0.1) is 13.5 Å². The number of aliphatic carboxylic acids is 1. The van der Waals surface area contributed by atoms with Crippen LogP contribution in [0.1, 0.15) is 30.7 Å². The van der Waals surface area contributed by atoms with Gasteiger partial charge in [-0.15, -0.1) is 0 Å². The van der Waals surface area contributed by atoms with Crippen molar-refractivity contribution >= 4 is 21.9 Å². The second kappa shape index (κ2) is 5.18. The van der Waals surface area contributed by atoms with Gasteiger partial charge in [0, 0.05) is 16.0 Å². The number of hydrogen-bond acceptors (Lipinski definition) is 3. The molecule has 1 aromatic rings. The Morgan fingerprint density at radius 2 is 2.22 bits per heavy atom. The molecule has 1 fully saturated rings. The van der Waals surface area contributed by atoms with Crippen LogP contribution in [-0.4, -0.2) is 23.3 Å². The van der Waals surface area contributed by atoms with Crippen LogP contribution in [-0.2, 0) is 4.79 Å². The van der Waals surface area contributed by atoms with Crippen LogP contribution in [0.4, 0.5) is 0 Å². The minimum atomic E-state index is -0.829. The Bertz CT molecular complexity index is 468. The van der Waals surface area contributed by atoms with Gasteiger partial charge in [0.25, 0.3) is 0 Å². The summed E-state index contributed by atoms with van der Waals surface area (Å²) in [5.74, 6) is -0.148. The van der Waals surface area contributed by atoms with E-state index in [9.17, 15) is 9.90 Å². The summed E-state index contributed by atoms with van der Waals surface area (Å²) >= 11 is 3.42. The van der Waals surface area contributed by atoms with Crippen molar-refractivity contribution in [3.8, 4) is 11.5 Å². The first-order valence-electron chi connectivity index (χ1n) is 5.81. The maximum Gasteiger partial charge on any atom is 0.303 e. The Labute approximate surface area is 114 Å². The Hall–Kier alpha value is -1.23. The lowest BCUT2D eigenvalue weighted by molar-refractivity contribution is -0.137. The molecule has 1 unspecified atom stereocenters. The van der Waals surface area contributed by atoms with Gasteiger partial charge in [-0.2, -0.15) is 0 Å². The number of rotatable bonds is 5. The van der Waals surface area contributed by atoms with E-state index in [1.807, 2.05) is 0 Å². The number of hydrogen-bond donors (Lipinski definition) is 2. The number of ether oxygens (including phenoxy) is 1. The predicted octanol–water partition coefficient (Wildman–Crippen LogP) is 3.13. The molecule has 0 aliphatic heterocycles. The van der Waals surface area contributed by atoms with E-state index in [1.54, 1.807) is 6.07 Å². The van der Waals surface area contributed by atoms with Crippen LogP contribution in [0, 0.1) is 5.92 Å². The first kappa shape index (κ1) is 13.2. The lowest BCUT2D eigenvalue weighted by atomic mass is 9.90. The van der Waals surface area contributed by atoms with Crippen molar-refractivity contribution in [2.75, 3.05) is 7.11 Å². The average molecular weight is 315 g/mol. The zero-order valence-electron chi connectivity index (χ0n) is 10.0. The number of phenolic OH excluding ortho intramolecular Hbond substituents is 1. The number of halogens is 1. The summed E-state index contributed by atoms with van der Waals surface area (Å²) in [5.41, 5.74) is 0.766. The molecule has 1 aromatic carbocycles. The highest BCUT2D eigenvalue weighted by molar-refractivity contribution is 9.10. The topological polar surface area (TPSA) is 66.8 Å². The monoisotopic (exact) mass is 314 g/mol. The molecule has 2 rings (SSSR count). The molecule has 1 aliphatic carbocycles. The van der Waals surface area contributed by atoms with E-state index >= 15 is 0 Å². The number of phenols is 1. The summed E-state index contributed by atoms with van der Waals surface area (Å²) in [7, 11) is 1.48. The number of benzene rings is 1. The highest BCUT2D eigenvalue weighted by Crippen LogP contribution is 2.51. The molecule has 0 spiro atoms. The van der Waals surface area contributed by atoms with Gasteiger partial charge < -0.3 is 14.9 Å². The highest BCUT2D eigenvalue weighted by atomic mass is 79.9. The van der Waals surface area contributed by atoms with E-state index in [0.29, 0.717) is 11.7 Å². The lowest BCUT2D eigenvalue weighted by Crippen LogP contribution is -2.10. The SMILES string of the molecule is COc1c(O)ccc(Br)c1C(CC(=O)O)C1CC1. The van der Waals surface area contributed by atoms with Gasteiger partial charge in [0.1, 0.15) is 0 Å². The Morgan fingerprint density at radius 3 is 2.72 bits per heavy atom. The first-order valence-corrected chi connectivity index (χ1v) is 6.61. The average Bonchev–Trinajstić information content (AvgIpc) is 3.13. The second-order valence-corrected chi connectivity index (χ2v) is 5.41. The summed E-state index contributed by atoms with van der Waals surface area (Å²) in [5, 5.41) is 18.8. The number of carboxylic acids is 1. The number of carbonyl (C=O) groups is 1. The van der Waals surface area contributed by atoms with Gasteiger partial charge in [0.2, 0.25) is 0 Å². The third-order valence-corrected chi connectivity index (χ3v) is 3.97. The van der Waals surface area contributed by atoms with E-state index in [0.717, 1.165) is 22.9 Å². The zero-order chi connectivity index (χ0) is 13.3. The molecule has 4 nitrogen and oxygen atoms in total. The smallest absolute Gasteiger partial charge is 0.303 e. The fourth-order valence-corrected chi connectivity index (χ4v) is 2.92. The van der Waals surface area contributed by atoms with E-state index in [1.165, 1.54) is 13.2 Å². The van der Waals surface area contributed by atoms with Gasteiger partial charge in [-0.3, -0.25) is 4.79 Å². The van der Waals surface area contributed by atoms with Crippen molar-refractivity contribution in [1.29, 1.82) is 0 Å². The molecule has 2 N–H and O–H groups in total. The summed E-state index contributed by atoms with van der Waals surface area (Å²) in [4.78, 5) is 11.0. The molecule has 0 amide bonds. The molecule has 0 aromatic heterocycles. The quantitative estimate of drug-likeness (QED) is 0.876. The normalized spacial score (nSPS) is 16.3. The second-order valence-electron chi connectivity index (χ2n) is 4.56. The third kappa shape index (κ3) is 2.61. The molecule has 1 atom stereocenters. The van der Waals surface area contributed by atoms with Crippen molar-refractivity contribution in [2.45, 2.75) is 25.2 Å². The van der Waals surface area contributed by atoms with Crippen molar-refractivity contribution in [3.63, 3.8) is 0 Å². The number of aromatic hydroxyl groups is 1. The Balaban J connectivity index is 2.45. The van der Waals surface area contributed by atoms with Crippen LogP contribution in [0.25, 0.3) is 0 Å². The molecule has 1 aliphatic rings. The maximum atomic E-state index is 11.0. The van der Waals surface area contributed by atoms with Crippen LogP contribution < -0.4 is 4.74 Å². The van der Waals surface area contributed by atoms with Gasteiger partial charge in [-0.25, -0.2) is 0 Å². The molecule has 0 saturated heterocycles. The largest absolute Gasteiger partial charge is 0.504 e. The standard InChI is InChI=1S/C13H15BrO4/c1-18-13-10(15)5-4-9(14)12(13)8(6-11(16)17)7-2-3-7/h4-5,7-8,15H,2-3,6H2,1H3,(H,16,17). The summed E-state index contributed by atoms with van der Waals surface area (Å²) < 4.78 is 6.01. The van der Waals surface area contributed by atoms with Crippen LogP contribution in [0.5, 0.6) is 11.5 Å². The first-order chi connectivity index (χ1) is 8.54. The molecule has 0 bridgehead atoms. The molecule has 18 heavy (non-hydrogen) atoms. The lowest BCUT2D eigenvalue weighted by Gasteiger charge is -2.20. The van der Waals surface area contributed by atoms with Crippen molar-refractivity contribution in [1.82, 2.24) is 0 Å². The number of methoxy groups -OCH3 is 1. The van der Waals surface area contributed by atoms with E-state index < -0.39 is 5.97 Å². The van der Waals surface area contributed by atoms with Gasteiger partial charge in [-0.1, -0.05) is 15.9 Å². The maximum absolute atomic E-state index is 11.0. The van der Waals surface area contributed by atoms with Gasteiger partial charge >= 0.3 is 5.97 Å². The Kier molecular flexibility index (Phi) is 3.80. The molecular weight excluding hydrogens is 300 g/mol. The van der Waals surface area contributed by atoms with Crippen LogP contribution in [0.3, 0.4) is 0 Å². The fraction of sp³-hybridized carbons (Fsp3) is 0.462. The molecule has 5 heteroatoms. The minimum absolute atomic E-state index is 0.0479. The Morgan fingerprint density at radius 1 is 1.56 bits per heavy atom. The van der Waals surface area contributed by atoms with E-state index in [4.69, 9.17) is 9.84 Å². The van der Waals surface area contributed by atoms with Crippen LogP contribution >= 0.6 is 15.9 Å². The van der Waals surface area contributed by atoms with Crippen molar-refractivity contribution < 1.29 is 19.7 Å². The van der Waals surface area contributed by atoms with E-state index in [2.05, 4.69) is 15.9 Å². The van der Waals surface area contributed by atoms with E-state index in [-0.39, 0.29) is 18.1 Å².